The number of thiophene rings is 2. The number of amides is 1. The fraction of sp³-hybridized carbons (Fsp3) is 0.158. The van der Waals surface area contributed by atoms with E-state index in [-0.39, 0.29) is 23.5 Å². The first-order valence-electron chi connectivity index (χ1n) is 8.06. The Morgan fingerprint density at radius 2 is 1.96 bits per heavy atom. The largest absolute Gasteiger partial charge is 0.272 e. The molecule has 0 saturated heterocycles. The highest BCUT2D eigenvalue weighted by atomic mass is 32.2. The van der Waals surface area contributed by atoms with Crippen molar-refractivity contribution in [3.05, 3.63) is 74.9 Å². The molecule has 1 amide bonds. The fourth-order valence-electron chi connectivity index (χ4n) is 2.80. The maximum absolute atomic E-state index is 13.8. The van der Waals surface area contributed by atoms with E-state index in [0.29, 0.717) is 11.3 Å². The molecule has 0 N–H and O–H groups in total. The molecule has 0 bridgehead atoms. The van der Waals surface area contributed by atoms with Crippen LogP contribution in [0.15, 0.2) is 69.3 Å². The topological polar surface area (TPSA) is 32.7 Å². The van der Waals surface area contributed by atoms with Crippen molar-refractivity contribution in [2.24, 2.45) is 5.10 Å². The van der Waals surface area contributed by atoms with Crippen molar-refractivity contribution in [2.75, 3.05) is 5.75 Å². The molecule has 1 aliphatic heterocycles. The molecule has 2 aromatic heterocycles. The highest BCUT2D eigenvalue weighted by Crippen LogP contribution is 2.36. The minimum Gasteiger partial charge on any atom is -0.272 e. The van der Waals surface area contributed by atoms with Crippen LogP contribution < -0.4 is 0 Å². The number of carbonyl (C=O) groups excluding carboxylic acids is 1. The molecule has 0 aliphatic carbocycles. The molecule has 3 nitrogen and oxygen atoms in total. The van der Waals surface area contributed by atoms with Gasteiger partial charge in [-0.3, -0.25) is 4.79 Å². The molecule has 0 fully saturated rings. The summed E-state index contributed by atoms with van der Waals surface area (Å²) in [5.41, 5.74) is 0.933. The van der Waals surface area contributed by atoms with Crippen LogP contribution >= 0.6 is 34.4 Å². The lowest BCUT2D eigenvalue weighted by Gasteiger charge is -2.20. The van der Waals surface area contributed by atoms with Gasteiger partial charge in [0.15, 0.2) is 0 Å². The average Bonchev–Trinajstić information content (AvgIpc) is 3.41. The lowest BCUT2D eigenvalue weighted by molar-refractivity contribution is -0.130. The first kappa shape index (κ1) is 17.5. The van der Waals surface area contributed by atoms with Crippen LogP contribution in [0.1, 0.15) is 22.2 Å². The lowest BCUT2D eigenvalue weighted by Crippen LogP contribution is -2.28. The summed E-state index contributed by atoms with van der Waals surface area (Å²) < 4.78 is 13.8. The number of rotatable bonds is 5. The summed E-state index contributed by atoms with van der Waals surface area (Å²) in [4.78, 5) is 15.5. The van der Waals surface area contributed by atoms with E-state index in [9.17, 15) is 9.18 Å². The Labute approximate surface area is 163 Å². The second-order valence-corrected chi connectivity index (χ2v) is 8.66. The summed E-state index contributed by atoms with van der Waals surface area (Å²) in [6, 6.07) is 14.5. The Hall–Kier alpha value is -1.96. The van der Waals surface area contributed by atoms with Crippen LogP contribution in [0.25, 0.3) is 0 Å². The number of hydrazone groups is 1. The summed E-state index contributed by atoms with van der Waals surface area (Å²) in [7, 11) is 0. The van der Waals surface area contributed by atoms with Gasteiger partial charge in [-0.15, -0.1) is 34.4 Å². The monoisotopic (exact) mass is 402 g/mol. The molecule has 3 heterocycles. The number of halogens is 1. The molecule has 1 aromatic carbocycles. The van der Waals surface area contributed by atoms with Crippen molar-refractivity contribution >= 4 is 46.1 Å². The molecular weight excluding hydrogens is 387 g/mol. The van der Waals surface area contributed by atoms with E-state index in [1.54, 1.807) is 45.9 Å². The quantitative estimate of drug-likeness (QED) is 0.534. The molecule has 0 saturated carbocycles. The van der Waals surface area contributed by atoms with Crippen LogP contribution in [0.3, 0.4) is 0 Å². The third-order valence-electron chi connectivity index (χ3n) is 4.03. The minimum absolute atomic E-state index is 0.0826. The zero-order chi connectivity index (χ0) is 17.9. The summed E-state index contributed by atoms with van der Waals surface area (Å²) in [6.45, 7) is 0. The SMILES string of the molecule is O=C(CSc1ccccc1F)N1N=C(c2cccs2)C[C@H]1c1cccs1. The van der Waals surface area contributed by atoms with Crippen molar-refractivity contribution in [3.8, 4) is 0 Å². The number of thioether (sulfide) groups is 1. The molecule has 1 aliphatic rings. The Balaban J connectivity index is 1.54. The Morgan fingerprint density at radius 3 is 2.69 bits per heavy atom. The van der Waals surface area contributed by atoms with E-state index in [0.717, 1.165) is 15.5 Å². The predicted octanol–water partition coefficient (Wildman–Crippen LogP) is 5.42. The summed E-state index contributed by atoms with van der Waals surface area (Å²) in [5, 5.41) is 10.2. The highest BCUT2D eigenvalue weighted by molar-refractivity contribution is 8.00. The van der Waals surface area contributed by atoms with Crippen LogP contribution in [0.5, 0.6) is 0 Å². The number of carbonyl (C=O) groups is 1. The van der Waals surface area contributed by atoms with Gasteiger partial charge < -0.3 is 0 Å². The number of hydrogen-bond acceptors (Lipinski definition) is 5. The molecule has 0 unspecified atom stereocenters. The first-order valence-corrected chi connectivity index (χ1v) is 10.8. The maximum atomic E-state index is 13.8. The highest BCUT2D eigenvalue weighted by Gasteiger charge is 2.33. The van der Waals surface area contributed by atoms with Gasteiger partial charge in [0.2, 0.25) is 0 Å². The minimum atomic E-state index is -0.302. The third kappa shape index (κ3) is 3.60. The molecular formula is C19H15FN2OS3. The van der Waals surface area contributed by atoms with Crippen LogP contribution in [0.4, 0.5) is 4.39 Å². The standard InChI is InChI=1S/C19H15FN2OS3/c20-13-5-1-2-6-16(13)26-12-19(23)22-15(18-8-4-10-25-18)11-14(21-22)17-7-3-9-24-17/h1-10,15H,11-12H2/t15-/m0/s1. The van der Waals surface area contributed by atoms with Crippen LogP contribution in [0.2, 0.25) is 0 Å². The van der Waals surface area contributed by atoms with Crippen molar-refractivity contribution < 1.29 is 9.18 Å². The zero-order valence-corrected chi connectivity index (χ0v) is 16.1. The van der Waals surface area contributed by atoms with Crippen molar-refractivity contribution in [1.29, 1.82) is 0 Å². The number of benzene rings is 1. The summed E-state index contributed by atoms with van der Waals surface area (Å²) in [5.74, 6) is -0.253. The molecule has 0 spiro atoms. The second-order valence-electron chi connectivity index (χ2n) is 5.72. The van der Waals surface area contributed by atoms with E-state index in [1.807, 2.05) is 35.0 Å². The normalized spacial score (nSPS) is 16.7. The second kappa shape index (κ2) is 7.73. The Bertz CT molecular complexity index is 922. The van der Waals surface area contributed by atoms with E-state index in [1.165, 1.54) is 17.8 Å². The van der Waals surface area contributed by atoms with Crippen LogP contribution in [-0.4, -0.2) is 22.4 Å². The van der Waals surface area contributed by atoms with E-state index in [2.05, 4.69) is 5.10 Å². The Morgan fingerprint density at radius 1 is 1.15 bits per heavy atom. The van der Waals surface area contributed by atoms with E-state index < -0.39 is 0 Å². The molecule has 26 heavy (non-hydrogen) atoms. The van der Waals surface area contributed by atoms with E-state index in [4.69, 9.17) is 0 Å². The Kier molecular flexibility index (Phi) is 5.19. The van der Waals surface area contributed by atoms with Gasteiger partial charge in [0.25, 0.3) is 5.91 Å². The number of hydrogen-bond donors (Lipinski definition) is 0. The van der Waals surface area contributed by atoms with Crippen LogP contribution in [-0.2, 0) is 4.79 Å². The van der Waals surface area contributed by atoms with Gasteiger partial charge in [-0.25, -0.2) is 9.40 Å². The van der Waals surface area contributed by atoms with Crippen molar-refractivity contribution in [1.82, 2.24) is 5.01 Å². The lowest BCUT2D eigenvalue weighted by atomic mass is 10.1. The molecule has 3 aromatic rings. The van der Waals surface area contributed by atoms with E-state index >= 15 is 0 Å². The van der Waals surface area contributed by atoms with Crippen molar-refractivity contribution in [3.63, 3.8) is 0 Å². The summed E-state index contributed by atoms with van der Waals surface area (Å²) in [6.07, 6.45) is 0.705. The molecule has 0 radical (unpaired) electrons. The van der Waals surface area contributed by atoms with Gasteiger partial charge >= 0.3 is 0 Å². The van der Waals surface area contributed by atoms with Gasteiger partial charge in [0.05, 0.1) is 22.4 Å². The van der Waals surface area contributed by atoms with Gasteiger partial charge in [-0.1, -0.05) is 24.3 Å². The summed E-state index contributed by atoms with van der Waals surface area (Å²) >= 11 is 4.46. The molecule has 1 atom stereocenters. The third-order valence-corrected chi connectivity index (χ3v) is 6.96. The first-order chi connectivity index (χ1) is 12.7. The van der Waals surface area contributed by atoms with Gasteiger partial charge in [0.1, 0.15) is 5.82 Å². The van der Waals surface area contributed by atoms with Crippen LogP contribution in [0, 0.1) is 5.82 Å². The predicted molar refractivity (Wildman–Crippen MR) is 107 cm³/mol. The smallest absolute Gasteiger partial charge is 0.253 e. The molecule has 7 heteroatoms. The average molecular weight is 403 g/mol. The molecule has 132 valence electrons. The number of nitrogens with zero attached hydrogens (tertiary/aromatic N) is 2. The van der Waals surface area contributed by atoms with Gasteiger partial charge in [-0.2, -0.15) is 5.10 Å². The van der Waals surface area contributed by atoms with Crippen molar-refractivity contribution in [2.45, 2.75) is 17.4 Å². The van der Waals surface area contributed by atoms with Gasteiger partial charge in [0, 0.05) is 16.2 Å². The van der Waals surface area contributed by atoms with Gasteiger partial charge in [-0.05, 0) is 35.0 Å². The zero-order valence-electron chi connectivity index (χ0n) is 13.7. The fourth-order valence-corrected chi connectivity index (χ4v) is 5.13. The molecule has 4 rings (SSSR count). The maximum Gasteiger partial charge on any atom is 0.253 e.